The van der Waals surface area contributed by atoms with Crippen LogP contribution in [0.4, 0.5) is 9.59 Å². The minimum atomic E-state index is -0.351. The smallest absolute Gasteiger partial charge is 0.409 e. The lowest BCUT2D eigenvalue weighted by Crippen LogP contribution is -2.53. The van der Waals surface area contributed by atoms with Crippen LogP contribution in [0, 0.1) is 0 Å². The first-order valence-electron chi connectivity index (χ1n) is 6.70. The van der Waals surface area contributed by atoms with E-state index in [0.29, 0.717) is 37.7 Å². The molecule has 1 heterocycles. The molecule has 1 aromatic rings. The number of hydrogen-bond donors (Lipinski definition) is 1. The first-order chi connectivity index (χ1) is 10.1. The van der Waals surface area contributed by atoms with Crippen molar-refractivity contribution in [2.45, 2.75) is 6.54 Å². The number of piperazine rings is 1. The van der Waals surface area contributed by atoms with Gasteiger partial charge in [-0.15, -0.1) is 0 Å². The fourth-order valence-corrected chi connectivity index (χ4v) is 2.24. The largest absolute Gasteiger partial charge is 0.453 e. The van der Waals surface area contributed by atoms with Crippen molar-refractivity contribution < 1.29 is 14.3 Å². The molecule has 21 heavy (non-hydrogen) atoms. The predicted molar refractivity (Wildman–Crippen MR) is 79.2 cm³/mol. The van der Waals surface area contributed by atoms with Gasteiger partial charge in [0, 0.05) is 37.7 Å². The standard InChI is InChI=1S/C14H18ClN3O3/c1-21-14(20)18-8-6-17(7-9-18)13(19)16-10-11-2-4-12(15)5-3-11/h2-5H,6-10H2,1H3,(H,16,19). The Morgan fingerprint density at radius 3 is 2.29 bits per heavy atom. The van der Waals surface area contributed by atoms with E-state index in [4.69, 9.17) is 11.6 Å². The number of methoxy groups -OCH3 is 1. The number of nitrogens with zero attached hydrogens (tertiary/aromatic N) is 2. The highest BCUT2D eigenvalue weighted by Crippen LogP contribution is 2.09. The number of nitrogens with one attached hydrogen (secondary N) is 1. The Kier molecular flexibility index (Phi) is 5.27. The second-order valence-electron chi connectivity index (χ2n) is 4.73. The second kappa shape index (κ2) is 7.17. The summed E-state index contributed by atoms with van der Waals surface area (Å²) in [4.78, 5) is 26.7. The van der Waals surface area contributed by atoms with Gasteiger partial charge in [0.05, 0.1) is 7.11 Å². The molecule has 114 valence electrons. The predicted octanol–water partition coefficient (Wildman–Crippen LogP) is 1.93. The fraction of sp³-hybridized carbons (Fsp3) is 0.429. The minimum absolute atomic E-state index is 0.130. The van der Waals surface area contributed by atoms with E-state index in [1.54, 1.807) is 21.9 Å². The molecule has 0 unspecified atom stereocenters. The van der Waals surface area contributed by atoms with Crippen LogP contribution in [-0.2, 0) is 11.3 Å². The van der Waals surface area contributed by atoms with Crippen molar-refractivity contribution in [1.82, 2.24) is 15.1 Å². The summed E-state index contributed by atoms with van der Waals surface area (Å²) in [6.07, 6.45) is -0.351. The summed E-state index contributed by atoms with van der Waals surface area (Å²) in [6.45, 7) is 2.43. The molecule has 6 nitrogen and oxygen atoms in total. The third-order valence-electron chi connectivity index (χ3n) is 3.36. The monoisotopic (exact) mass is 311 g/mol. The van der Waals surface area contributed by atoms with Crippen LogP contribution in [0.1, 0.15) is 5.56 Å². The second-order valence-corrected chi connectivity index (χ2v) is 5.17. The van der Waals surface area contributed by atoms with Crippen molar-refractivity contribution in [3.8, 4) is 0 Å². The van der Waals surface area contributed by atoms with Gasteiger partial charge in [0.15, 0.2) is 0 Å². The van der Waals surface area contributed by atoms with Crippen LogP contribution in [0.3, 0.4) is 0 Å². The van der Waals surface area contributed by atoms with Gasteiger partial charge in [-0.2, -0.15) is 0 Å². The fourth-order valence-electron chi connectivity index (χ4n) is 2.11. The Labute approximate surface area is 128 Å². The third kappa shape index (κ3) is 4.26. The number of rotatable bonds is 2. The molecule has 2 rings (SSSR count). The molecule has 3 amide bonds. The molecule has 1 saturated heterocycles. The van der Waals surface area contributed by atoms with E-state index >= 15 is 0 Å². The zero-order valence-electron chi connectivity index (χ0n) is 11.8. The van der Waals surface area contributed by atoms with Gasteiger partial charge in [0.2, 0.25) is 0 Å². The summed E-state index contributed by atoms with van der Waals surface area (Å²) >= 11 is 5.81. The Balaban J connectivity index is 1.77. The van der Waals surface area contributed by atoms with E-state index in [1.807, 2.05) is 12.1 Å². The molecular weight excluding hydrogens is 294 g/mol. The quantitative estimate of drug-likeness (QED) is 0.908. The third-order valence-corrected chi connectivity index (χ3v) is 3.61. The van der Waals surface area contributed by atoms with Gasteiger partial charge < -0.3 is 19.9 Å². The number of benzene rings is 1. The Morgan fingerprint density at radius 2 is 1.71 bits per heavy atom. The Hall–Kier alpha value is -1.95. The van der Waals surface area contributed by atoms with Crippen LogP contribution >= 0.6 is 11.6 Å². The highest BCUT2D eigenvalue weighted by atomic mass is 35.5. The lowest BCUT2D eigenvalue weighted by Gasteiger charge is -2.33. The minimum Gasteiger partial charge on any atom is -0.453 e. The van der Waals surface area contributed by atoms with Gasteiger partial charge in [0.25, 0.3) is 0 Å². The van der Waals surface area contributed by atoms with Crippen molar-refractivity contribution >= 4 is 23.7 Å². The highest BCUT2D eigenvalue weighted by molar-refractivity contribution is 6.30. The van der Waals surface area contributed by atoms with E-state index in [1.165, 1.54) is 7.11 Å². The topological polar surface area (TPSA) is 61.9 Å². The summed E-state index contributed by atoms with van der Waals surface area (Å²) in [6, 6.07) is 7.20. The molecule has 7 heteroatoms. The van der Waals surface area contributed by atoms with Gasteiger partial charge in [-0.1, -0.05) is 23.7 Å². The summed E-state index contributed by atoms with van der Waals surface area (Å²) in [5.41, 5.74) is 0.987. The Morgan fingerprint density at radius 1 is 1.14 bits per heavy atom. The lowest BCUT2D eigenvalue weighted by atomic mass is 10.2. The number of hydrogen-bond acceptors (Lipinski definition) is 3. The van der Waals surface area contributed by atoms with Crippen molar-refractivity contribution in [3.05, 3.63) is 34.9 Å². The number of carbonyl (C=O) groups is 2. The molecule has 0 aromatic heterocycles. The number of halogens is 1. The number of urea groups is 1. The zero-order valence-corrected chi connectivity index (χ0v) is 12.6. The van der Waals surface area contributed by atoms with Crippen molar-refractivity contribution in [1.29, 1.82) is 0 Å². The van der Waals surface area contributed by atoms with Crippen LogP contribution in [0.5, 0.6) is 0 Å². The summed E-state index contributed by atoms with van der Waals surface area (Å²) < 4.78 is 4.66. The van der Waals surface area contributed by atoms with Crippen LogP contribution in [0.15, 0.2) is 24.3 Å². The van der Waals surface area contributed by atoms with E-state index in [0.717, 1.165) is 5.56 Å². The van der Waals surface area contributed by atoms with E-state index in [-0.39, 0.29) is 12.1 Å². The van der Waals surface area contributed by atoms with Gasteiger partial charge in [-0.05, 0) is 17.7 Å². The molecule has 0 spiro atoms. The molecule has 0 atom stereocenters. The molecule has 0 aliphatic carbocycles. The maximum atomic E-state index is 12.0. The molecule has 1 fully saturated rings. The highest BCUT2D eigenvalue weighted by Gasteiger charge is 2.24. The van der Waals surface area contributed by atoms with Crippen molar-refractivity contribution in [2.24, 2.45) is 0 Å². The maximum absolute atomic E-state index is 12.0. The maximum Gasteiger partial charge on any atom is 0.409 e. The molecule has 1 aliphatic heterocycles. The first kappa shape index (κ1) is 15.4. The van der Waals surface area contributed by atoms with Crippen LogP contribution in [-0.4, -0.2) is 55.2 Å². The van der Waals surface area contributed by atoms with Crippen molar-refractivity contribution in [2.75, 3.05) is 33.3 Å². The van der Waals surface area contributed by atoms with Gasteiger partial charge in [-0.3, -0.25) is 0 Å². The number of ether oxygens (including phenoxy) is 1. The van der Waals surface area contributed by atoms with Gasteiger partial charge >= 0.3 is 12.1 Å². The average molecular weight is 312 g/mol. The van der Waals surface area contributed by atoms with Crippen molar-refractivity contribution in [3.63, 3.8) is 0 Å². The number of amides is 3. The molecular formula is C14H18ClN3O3. The van der Waals surface area contributed by atoms with Crippen LogP contribution in [0.25, 0.3) is 0 Å². The average Bonchev–Trinajstić information content (AvgIpc) is 2.53. The molecule has 1 aliphatic rings. The van der Waals surface area contributed by atoms with Gasteiger partial charge in [-0.25, -0.2) is 9.59 Å². The lowest BCUT2D eigenvalue weighted by molar-refractivity contribution is 0.0970. The molecule has 0 radical (unpaired) electrons. The van der Waals surface area contributed by atoms with Crippen LogP contribution < -0.4 is 5.32 Å². The SMILES string of the molecule is COC(=O)N1CCN(C(=O)NCc2ccc(Cl)cc2)CC1. The summed E-state index contributed by atoms with van der Waals surface area (Å²) in [7, 11) is 1.35. The van der Waals surface area contributed by atoms with E-state index < -0.39 is 0 Å². The van der Waals surface area contributed by atoms with E-state index in [2.05, 4.69) is 10.1 Å². The normalized spacial score (nSPS) is 14.8. The summed E-state index contributed by atoms with van der Waals surface area (Å²) in [5.74, 6) is 0. The zero-order chi connectivity index (χ0) is 15.2. The van der Waals surface area contributed by atoms with Crippen LogP contribution in [0.2, 0.25) is 5.02 Å². The molecule has 0 saturated carbocycles. The Bertz CT molecular complexity index is 499. The molecule has 1 aromatic carbocycles. The summed E-state index contributed by atoms with van der Waals surface area (Å²) in [5, 5.41) is 3.53. The van der Waals surface area contributed by atoms with E-state index in [9.17, 15) is 9.59 Å². The first-order valence-corrected chi connectivity index (χ1v) is 7.08. The molecule has 1 N–H and O–H groups in total. The molecule has 0 bridgehead atoms. The van der Waals surface area contributed by atoms with Gasteiger partial charge in [0.1, 0.15) is 0 Å². The number of carbonyl (C=O) groups excluding carboxylic acids is 2.